The largest absolute Gasteiger partial charge is 0.480 e. The lowest BCUT2D eigenvalue weighted by atomic mass is 10.3. The van der Waals surface area contributed by atoms with Gasteiger partial charge in [0.05, 0.1) is 0 Å². The number of amides is 2. The molecule has 0 spiro atoms. The molecule has 1 rings (SSSR count). The van der Waals surface area contributed by atoms with Crippen LogP contribution in [0, 0.1) is 5.92 Å². The van der Waals surface area contributed by atoms with Crippen LogP contribution >= 0.6 is 0 Å². The molecule has 0 saturated heterocycles. The Morgan fingerprint density at radius 3 is 2.31 bits per heavy atom. The number of carbonyl (C=O) groups is 2. The maximum absolute atomic E-state index is 11.8. The minimum Gasteiger partial charge on any atom is -0.480 e. The Morgan fingerprint density at radius 2 is 1.94 bits per heavy atom. The van der Waals surface area contributed by atoms with Crippen molar-refractivity contribution >= 4 is 12.0 Å². The Kier molecular flexibility index (Phi) is 4.15. The third kappa shape index (κ3) is 3.72. The number of nitrogens with zero attached hydrogens (tertiary/aromatic N) is 1. The predicted octanol–water partition coefficient (Wildman–Crippen LogP) is 1.29. The molecule has 2 N–H and O–H groups in total. The lowest BCUT2D eigenvalue weighted by Gasteiger charge is -2.27. The lowest BCUT2D eigenvalue weighted by Crippen LogP contribution is -2.49. The molecule has 0 radical (unpaired) electrons. The molecule has 0 unspecified atom stereocenters. The summed E-state index contributed by atoms with van der Waals surface area (Å²) in [4.78, 5) is 24.1. The van der Waals surface area contributed by atoms with Crippen LogP contribution in [0.25, 0.3) is 0 Å². The van der Waals surface area contributed by atoms with Gasteiger partial charge in [-0.05, 0) is 39.5 Å². The van der Waals surface area contributed by atoms with E-state index in [-0.39, 0.29) is 12.1 Å². The Balaban J connectivity index is 2.49. The van der Waals surface area contributed by atoms with Crippen molar-refractivity contribution in [2.75, 3.05) is 6.54 Å². The fraction of sp³-hybridized carbons (Fsp3) is 0.818. The monoisotopic (exact) mass is 228 g/mol. The highest BCUT2D eigenvalue weighted by atomic mass is 16.4. The number of hydrogen-bond acceptors (Lipinski definition) is 2. The number of urea groups is 1. The van der Waals surface area contributed by atoms with Crippen LogP contribution in [0.2, 0.25) is 0 Å². The second-order valence-corrected chi connectivity index (χ2v) is 4.70. The van der Waals surface area contributed by atoms with Gasteiger partial charge in [0.15, 0.2) is 0 Å². The first-order chi connectivity index (χ1) is 7.41. The summed E-state index contributed by atoms with van der Waals surface area (Å²) in [6.45, 7) is 6.08. The van der Waals surface area contributed by atoms with E-state index in [1.54, 1.807) is 4.90 Å². The summed E-state index contributed by atoms with van der Waals surface area (Å²) >= 11 is 0. The molecule has 1 saturated carbocycles. The van der Waals surface area contributed by atoms with Crippen molar-refractivity contribution in [3.63, 3.8) is 0 Å². The molecule has 92 valence electrons. The molecular weight excluding hydrogens is 208 g/mol. The number of hydrogen-bond donors (Lipinski definition) is 2. The highest BCUT2D eigenvalue weighted by Crippen LogP contribution is 2.30. The van der Waals surface area contributed by atoms with Crippen molar-refractivity contribution < 1.29 is 14.7 Å². The summed E-state index contributed by atoms with van der Waals surface area (Å²) in [5.41, 5.74) is 0. The Labute approximate surface area is 95.8 Å². The Hall–Kier alpha value is -1.26. The molecule has 16 heavy (non-hydrogen) atoms. The number of rotatable bonds is 5. The molecule has 1 atom stereocenters. The molecular formula is C11H20N2O3. The summed E-state index contributed by atoms with van der Waals surface area (Å²) in [6, 6.07) is -1.02. The normalized spacial score (nSPS) is 17.0. The lowest BCUT2D eigenvalue weighted by molar-refractivity contribution is -0.138. The molecule has 0 aromatic heterocycles. The summed E-state index contributed by atoms with van der Waals surface area (Å²) < 4.78 is 0. The van der Waals surface area contributed by atoms with E-state index in [1.165, 1.54) is 19.8 Å². The van der Waals surface area contributed by atoms with E-state index in [4.69, 9.17) is 5.11 Å². The first-order valence-electron chi connectivity index (χ1n) is 5.71. The molecule has 0 aromatic carbocycles. The second kappa shape index (κ2) is 5.18. The van der Waals surface area contributed by atoms with Gasteiger partial charge in [0.25, 0.3) is 0 Å². The van der Waals surface area contributed by atoms with Crippen LogP contribution in [0.5, 0.6) is 0 Å². The minimum absolute atomic E-state index is 0.0987. The third-order valence-electron chi connectivity index (χ3n) is 2.75. The summed E-state index contributed by atoms with van der Waals surface area (Å²) in [5, 5.41) is 11.2. The van der Waals surface area contributed by atoms with Gasteiger partial charge in [-0.25, -0.2) is 4.79 Å². The molecule has 5 heteroatoms. The summed E-state index contributed by atoms with van der Waals surface area (Å²) in [5.74, 6) is -0.406. The quantitative estimate of drug-likeness (QED) is 0.745. The Bertz CT molecular complexity index is 274. The van der Waals surface area contributed by atoms with Gasteiger partial charge < -0.3 is 15.3 Å². The first kappa shape index (κ1) is 12.8. The fourth-order valence-corrected chi connectivity index (χ4v) is 1.44. The highest BCUT2D eigenvalue weighted by molar-refractivity contribution is 5.82. The first-order valence-corrected chi connectivity index (χ1v) is 5.71. The van der Waals surface area contributed by atoms with Gasteiger partial charge in [-0.1, -0.05) is 0 Å². The molecule has 0 bridgehead atoms. The number of carboxylic acid groups (broad SMARTS) is 1. The molecule has 1 aliphatic rings. The number of carbonyl (C=O) groups excluding carboxylic acids is 1. The van der Waals surface area contributed by atoms with Crippen LogP contribution in [0.4, 0.5) is 4.79 Å². The molecule has 0 aromatic rings. The van der Waals surface area contributed by atoms with Crippen LogP contribution in [-0.4, -0.2) is 40.6 Å². The van der Waals surface area contributed by atoms with Gasteiger partial charge in [-0.15, -0.1) is 0 Å². The average molecular weight is 228 g/mol. The molecule has 1 aliphatic carbocycles. The summed E-state index contributed by atoms with van der Waals surface area (Å²) in [7, 11) is 0. The standard InChI is InChI=1S/C11H20N2O3/c1-7(2)13(6-9-4-5-9)11(16)12-8(3)10(14)15/h7-9H,4-6H2,1-3H3,(H,12,16)(H,14,15)/t8-/m0/s1. The van der Waals surface area contributed by atoms with E-state index >= 15 is 0 Å². The van der Waals surface area contributed by atoms with Gasteiger partial charge >= 0.3 is 12.0 Å². The zero-order chi connectivity index (χ0) is 12.3. The highest BCUT2D eigenvalue weighted by Gasteiger charge is 2.29. The Morgan fingerprint density at radius 1 is 1.38 bits per heavy atom. The second-order valence-electron chi connectivity index (χ2n) is 4.70. The number of carboxylic acids is 1. The van der Waals surface area contributed by atoms with Gasteiger partial charge in [0.2, 0.25) is 0 Å². The fourth-order valence-electron chi connectivity index (χ4n) is 1.44. The smallest absolute Gasteiger partial charge is 0.325 e. The van der Waals surface area contributed by atoms with Crippen molar-refractivity contribution in [2.24, 2.45) is 5.92 Å². The number of nitrogens with one attached hydrogen (secondary N) is 1. The van der Waals surface area contributed by atoms with E-state index in [0.717, 1.165) is 6.54 Å². The number of aliphatic carboxylic acids is 1. The third-order valence-corrected chi connectivity index (χ3v) is 2.75. The van der Waals surface area contributed by atoms with Gasteiger partial charge in [0, 0.05) is 12.6 Å². The SMILES string of the molecule is CC(C)N(CC1CC1)C(=O)N[C@@H](C)C(=O)O. The maximum Gasteiger partial charge on any atom is 0.325 e. The predicted molar refractivity (Wildman–Crippen MR) is 60.2 cm³/mol. The maximum atomic E-state index is 11.8. The minimum atomic E-state index is -1.01. The van der Waals surface area contributed by atoms with Gasteiger partial charge in [-0.3, -0.25) is 4.79 Å². The van der Waals surface area contributed by atoms with E-state index in [1.807, 2.05) is 13.8 Å². The van der Waals surface area contributed by atoms with Crippen molar-refractivity contribution in [3.05, 3.63) is 0 Å². The van der Waals surface area contributed by atoms with Crippen LogP contribution < -0.4 is 5.32 Å². The van der Waals surface area contributed by atoms with Crippen molar-refractivity contribution in [1.29, 1.82) is 0 Å². The van der Waals surface area contributed by atoms with Crippen LogP contribution in [0.3, 0.4) is 0 Å². The summed E-state index contributed by atoms with van der Waals surface area (Å²) in [6.07, 6.45) is 2.34. The van der Waals surface area contributed by atoms with Crippen LogP contribution in [0.15, 0.2) is 0 Å². The zero-order valence-corrected chi connectivity index (χ0v) is 10.1. The van der Waals surface area contributed by atoms with Gasteiger partial charge in [0.1, 0.15) is 6.04 Å². The van der Waals surface area contributed by atoms with Crippen molar-refractivity contribution in [2.45, 2.75) is 45.7 Å². The van der Waals surface area contributed by atoms with Gasteiger partial charge in [-0.2, -0.15) is 0 Å². The van der Waals surface area contributed by atoms with Crippen molar-refractivity contribution in [1.82, 2.24) is 10.2 Å². The van der Waals surface area contributed by atoms with Crippen LogP contribution in [0.1, 0.15) is 33.6 Å². The topological polar surface area (TPSA) is 69.6 Å². The zero-order valence-electron chi connectivity index (χ0n) is 10.1. The van der Waals surface area contributed by atoms with E-state index in [0.29, 0.717) is 5.92 Å². The average Bonchev–Trinajstić information content (AvgIpc) is 2.96. The van der Waals surface area contributed by atoms with E-state index < -0.39 is 12.0 Å². The molecule has 5 nitrogen and oxygen atoms in total. The van der Waals surface area contributed by atoms with E-state index in [9.17, 15) is 9.59 Å². The van der Waals surface area contributed by atoms with Crippen molar-refractivity contribution in [3.8, 4) is 0 Å². The van der Waals surface area contributed by atoms with Crippen LogP contribution in [-0.2, 0) is 4.79 Å². The molecule has 1 fully saturated rings. The molecule has 0 heterocycles. The molecule has 0 aliphatic heterocycles. The van der Waals surface area contributed by atoms with E-state index in [2.05, 4.69) is 5.32 Å². The molecule has 2 amide bonds.